The number of benzene rings is 2. The van der Waals surface area contributed by atoms with Gasteiger partial charge in [-0.05, 0) is 24.3 Å². The number of piperazine rings is 1. The van der Waals surface area contributed by atoms with Crippen molar-refractivity contribution in [3.63, 3.8) is 0 Å². The summed E-state index contributed by atoms with van der Waals surface area (Å²) in [5, 5.41) is 0.863. The maximum atomic E-state index is 13.1. The lowest BCUT2D eigenvalue weighted by Crippen LogP contribution is -2.50. The van der Waals surface area contributed by atoms with Crippen LogP contribution in [0, 0.1) is 0 Å². The fraction of sp³-hybridized carbons (Fsp3) is 0.211. The fourth-order valence-corrected chi connectivity index (χ4v) is 5.68. The Balaban J connectivity index is 1.34. The predicted molar refractivity (Wildman–Crippen MR) is 108 cm³/mol. The van der Waals surface area contributed by atoms with Crippen LogP contribution in [0.2, 0.25) is 0 Å². The second-order valence-electron chi connectivity index (χ2n) is 6.73. The van der Waals surface area contributed by atoms with Crippen LogP contribution in [0.1, 0.15) is 10.6 Å². The zero-order valence-electron chi connectivity index (χ0n) is 15.2. The van der Waals surface area contributed by atoms with E-state index in [1.807, 2.05) is 24.3 Å². The Morgan fingerprint density at radius 3 is 2.59 bits per heavy atom. The molecular formula is C19H16N4O4S2. The average Bonchev–Trinajstić information content (AvgIpc) is 3.39. The third-order valence-corrected chi connectivity index (χ3v) is 7.50. The molecule has 4 aromatic rings. The van der Waals surface area contributed by atoms with Crippen molar-refractivity contribution >= 4 is 49.7 Å². The van der Waals surface area contributed by atoms with E-state index in [1.165, 1.54) is 4.31 Å². The first-order valence-corrected chi connectivity index (χ1v) is 11.2. The second kappa shape index (κ2) is 6.90. The summed E-state index contributed by atoms with van der Waals surface area (Å²) in [7, 11) is -3.72. The molecule has 0 atom stereocenters. The van der Waals surface area contributed by atoms with Crippen LogP contribution >= 0.6 is 11.7 Å². The van der Waals surface area contributed by atoms with Crippen LogP contribution in [0.5, 0.6) is 0 Å². The number of hydrogen-bond acceptors (Lipinski definition) is 7. The molecule has 1 saturated heterocycles. The third kappa shape index (κ3) is 3.09. The van der Waals surface area contributed by atoms with Gasteiger partial charge in [0.1, 0.15) is 21.5 Å². The lowest BCUT2D eigenvalue weighted by atomic mass is 10.2. The molecule has 1 amide bonds. The first-order valence-electron chi connectivity index (χ1n) is 9.03. The Kier molecular flexibility index (Phi) is 4.34. The van der Waals surface area contributed by atoms with Crippen molar-refractivity contribution < 1.29 is 17.6 Å². The summed E-state index contributed by atoms with van der Waals surface area (Å²) >= 11 is 0.987. The maximum Gasteiger partial charge on any atom is 0.289 e. The normalized spacial score (nSPS) is 15.9. The van der Waals surface area contributed by atoms with Crippen LogP contribution in [-0.2, 0) is 10.0 Å². The summed E-state index contributed by atoms with van der Waals surface area (Å²) in [6.07, 6.45) is 0. The van der Waals surface area contributed by atoms with Gasteiger partial charge < -0.3 is 9.32 Å². The summed E-state index contributed by atoms with van der Waals surface area (Å²) in [5.74, 6) is 0.0323. The number of para-hydroxylation sites is 1. The summed E-state index contributed by atoms with van der Waals surface area (Å²) < 4.78 is 41.5. The number of rotatable bonds is 3. The summed E-state index contributed by atoms with van der Waals surface area (Å²) in [4.78, 5) is 14.6. The predicted octanol–water partition coefficient (Wildman–Crippen LogP) is 2.58. The van der Waals surface area contributed by atoms with Crippen LogP contribution in [-0.4, -0.2) is 58.5 Å². The molecule has 5 rings (SSSR count). The molecule has 3 heterocycles. The highest BCUT2D eigenvalue weighted by Crippen LogP contribution is 2.26. The van der Waals surface area contributed by atoms with Gasteiger partial charge in [0.15, 0.2) is 5.76 Å². The highest BCUT2D eigenvalue weighted by molar-refractivity contribution is 7.89. The monoisotopic (exact) mass is 428 g/mol. The number of aromatic nitrogens is 2. The van der Waals surface area contributed by atoms with Gasteiger partial charge in [0.2, 0.25) is 10.0 Å². The van der Waals surface area contributed by atoms with Crippen LogP contribution < -0.4 is 0 Å². The van der Waals surface area contributed by atoms with E-state index < -0.39 is 10.0 Å². The van der Waals surface area contributed by atoms with E-state index in [0.29, 0.717) is 29.7 Å². The standard InChI is InChI=1S/C19H16N4O4S2/c24-19(16-12-13-4-1-2-6-15(13)27-16)22-8-10-23(11-9-22)29(25,26)17-7-3-5-14-18(17)21-28-20-14/h1-7,12H,8-11H2. The minimum Gasteiger partial charge on any atom is -0.451 e. The number of nitrogens with zero attached hydrogens (tertiary/aromatic N) is 4. The molecule has 10 heteroatoms. The molecule has 1 aliphatic heterocycles. The van der Waals surface area contributed by atoms with Crippen LogP contribution in [0.4, 0.5) is 0 Å². The smallest absolute Gasteiger partial charge is 0.289 e. The van der Waals surface area contributed by atoms with E-state index in [2.05, 4.69) is 8.75 Å². The highest BCUT2D eigenvalue weighted by atomic mass is 32.2. The zero-order chi connectivity index (χ0) is 20.0. The van der Waals surface area contributed by atoms with Gasteiger partial charge in [0, 0.05) is 31.6 Å². The summed E-state index contributed by atoms with van der Waals surface area (Å²) in [6, 6.07) is 14.1. The molecule has 1 fully saturated rings. The Hall–Kier alpha value is -2.82. The molecule has 0 spiro atoms. The van der Waals surface area contributed by atoms with Crippen molar-refractivity contribution in [1.82, 2.24) is 18.0 Å². The van der Waals surface area contributed by atoms with Gasteiger partial charge in [-0.3, -0.25) is 4.79 Å². The van der Waals surface area contributed by atoms with Crippen molar-refractivity contribution in [2.45, 2.75) is 4.90 Å². The average molecular weight is 428 g/mol. The molecule has 1 aliphatic rings. The van der Waals surface area contributed by atoms with Crippen LogP contribution in [0.15, 0.2) is 57.8 Å². The number of amides is 1. The number of carbonyl (C=O) groups excluding carboxylic acids is 1. The van der Waals surface area contributed by atoms with E-state index in [-0.39, 0.29) is 29.7 Å². The van der Waals surface area contributed by atoms with Crippen molar-refractivity contribution in [1.29, 1.82) is 0 Å². The molecule has 0 radical (unpaired) electrons. The number of sulfonamides is 1. The van der Waals surface area contributed by atoms with E-state index in [0.717, 1.165) is 17.1 Å². The van der Waals surface area contributed by atoms with Gasteiger partial charge >= 0.3 is 0 Å². The fourth-order valence-electron chi connectivity index (χ4n) is 3.50. The number of hydrogen-bond donors (Lipinski definition) is 0. The topological polar surface area (TPSA) is 96.6 Å². The van der Waals surface area contributed by atoms with Gasteiger partial charge in [-0.15, -0.1) is 0 Å². The lowest BCUT2D eigenvalue weighted by molar-refractivity contribution is 0.0668. The number of fused-ring (bicyclic) bond motifs is 2. The van der Waals surface area contributed by atoms with Gasteiger partial charge in [0.05, 0.1) is 11.7 Å². The Morgan fingerprint density at radius 1 is 1.00 bits per heavy atom. The van der Waals surface area contributed by atoms with E-state index >= 15 is 0 Å². The van der Waals surface area contributed by atoms with Gasteiger partial charge in [-0.25, -0.2) is 8.42 Å². The van der Waals surface area contributed by atoms with E-state index in [1.54, 1.807) is 29.2 Å². The van der Waals surface area contributed by atoms with Crippen LogP contribution in [0.25, 0.3) is 22.0 Å². The SMILES string of the molecule is O=C(c1cc2ccccc2o1)N1CCN(S(=O)(=O)c2cccc3nsnc23)CC1. The molecule has 0 saturated carbocycles. The highest BCUT2D eigenvalue weighted by Gasteiger charge is 2.32. The Morgan fingerprint density at radius 2 is 1.79 bits per heavy atom. The Labute approximate surface area is 170 Å². The summed E-state index contributed by atoms with van der Waals surface area (Å²) in [5.41, 5.74) is 1.61. The van der Waals surface area contributed by atoms with Crippen molar-refractivity contribution in [3.05, 3.63) is 54.3 Å². The van der Waals surface area contributed by atoms with E-state index in [4.69, 9.17) is 4.42 Å². The minimum absolute atomic E-state index is 0.154. The van der Waals surface area contributed by atoms with Crippen molar-refractivity contribution in [3.8, 4) is 0 Å². The third-order valence-electron chi connectivity index (χ3n) is 5.03. The molecule has 0 N–H and O–H groups in total. The zero-order valence-corrected chi connectivity index (χ0v) is 16.8. The summed E-state index contributed by atoms with van der Waals surface area (Å²) in [6.45, 7) is 1.01. The molecule has 2 aromatic carbocycles. The van der Waals surface area contributed by atoms with Crippen LogP contribution in [0.3, 0.4) is 0 Å². The molecule has 0 bridgehead atoms. The number of carbonyl (C=O) groups is 1. The van der Waals surface area contributed by atoms with Gasteiger partial charge in [-0.2, -0.15) is 13.1 Å². The van der Waals surface area contributed by atoms with Gasteiger partial charge in [-0.1, -0.05) is 24.3 Å². The van der Waals surface area contributed by atoms with Crippen molar-refractivity contribution in [2.24, 2.45) is 0 Å². The second-order valence-corrected chi connectivity index (χ2v) is 9.17. The number of furan rings is 1. The molecule has 148 valence electrons. The largest absolute Gasteiger partial charge is 0.451 e. The van der Waals surface area contributed by atoms with Gasteiger partial charge in [0.25, 0.3) is 5.91 Å². The molecule has 0 unspecified atom stereocenters. The first kappa shape index (κ1) is 18.2. The molecule has 29 heavy (non-hydrogen) atoms. The lowest BCUT2D eigenvalue weighted by Gasteiger charge is -2.33. The molecular weight excluding hydrogens is 412 g/mol. The Bertz CT molecular complexity index is 1290. The molecule has 2 aromatic heterocycles. The van der Waals surface area contributed by atoms with Crippen molar-refractivity contribution in [2.75, 3.05) is 26.2 Å². The van der Waals surface area contributed by atoms with E-state index in [9.17, 15) is 13.2 Å². The minimum atomic E-state index is -3.72. The molecule has 0 aliphatic carbocycles. The maximum absolute atomic E-state index is 13.1. The quantitative estimate of drug-likeness (QED) is 0.498. The molecule has 8 nitrogen and oxygen atoms in total. The first-order chi connectivity index (χ1) is 14.0.